The van der Waals surface area contributed by atoms with Crippen LogP contribution in [-0.2, 0) is 20.7 Å². The Hall–Kier alpha value is -2.10. The summed E-state index contributed by atoms with van der Waals surface area (Å²) >= 11 is 0. The van der Waals surface area contributed by atoms with Crippen molar-refractivity contribution < 1.29 is 19.4 Å². The summed E-state index contributed by atoms with van der Waals surface area (Å²) in [7, 11) is 0. The van der Waals surface area contributed by atoms with Gasteiger partial charge in [0.2, 0.25) is 0 Å². The van der Waals surface area contributed by atoms with Crippen molar-refractivity contribution in [3.05, 3.63) is 48.6 Å². The van der Waals surface area contributed by atoms with Gasteiger partial charge in [-0.3, -0.25) is 9.59 Å². The lowest BCUT2D eigenvalue weighted by molar-refractivity contribution is -0.157. The van der Waals surface area contributed by atoms with Crippen molar-refractivity contribution in [3.8, 4) is 0 Å². The molecular formula is C16H20O4. The number of carbonyl (C=O) groups is 2. The van der Waals surface area contributed by atoms with Crippen LogP contribution in [0, 0.1) is 5.92 Å². The van der Waals surface area contributed by atoms with E-state index >= 15 is 0 Å². The van der Waals surface area contributed by atoms with Crippen molar-refractivity contribution in [2.24, 2.45) is 5.92 Å². The number of aryl methyl sites for hydroxylation is 1. The monoisotopic (exact) mass is 276 g/mol. The Kier molecular flexibility index (Phi) is 6.50. The predicted molar refractivity (Wildman–Crippen MR) is 76.3 cm³/mol. The van der Waals surface area contributed by atoms with Gasteiger partial charge in [0.15, 0.2) is 0 Å². The number of carboxylic acids is 1. The van der Waals surface area contributed by atoms with Crippen LogP contribution >= 0.6 is 0 Å². The number of benzene rings is 1. The quantitative estimate of drug-likeness (QED) is 0.586. The van der Waals surface area contributed by atoms with Crippen LogP contribution in [0.1, 0.15) is 25.3 Å². The van der Waals surface area contributed by atoms with Crippen molar-refractivity contribution in [3.63, 3.8) is 0 Å². The second-order valence-electron chi connectivity index (χ2n) is 4.64. The number of ether oxygens (including phenoxy) is 1. The Balaban J connectivity index is 2.74. The summed E-state index contributed by atoms with van der Waals surface area (Å²) < 4.78 is 5.18. The fourth-order valence-corrected chi connectivity index (χ4v) is 2.10. The second-order valence-corrected chi connectivity index (χ2v) is 4.64. The van der Waals surface area contributed by atoms with Crippen molar-refractivity contribution in [2.75, 3.05) is 0 Å². The van der Waals surface area contributed by atoms with E-state index in [1.165, 1.54) is 13.0 Å². The molecule has 0 aliphatic carbocycles. The molecule has 0 radical (unpaired) electrons. The Bertz CT molecular complexity index is 453. The normalized spacial score (nSPS) is 13.2. The summed E-state index contributed by atoms with van der Waals surface area (Å²) in [6, 6.07) is 9.70. The molecule has 1 rings (SSSR count). The predicted octanol–water partition coefficient (Wildman–Crippen LogP) is 2.83. The summed E-state index contributed by atoms with van der Waals surface area (Å²) in [6.07, 6.45) is 2.33. The number of rotatable bonds is 8. The van der Waals surface area contributed by atoms with Gasteiger partial charge in [-0.2, -0.15) is 0 Å². The van der Waals surface area contributed by atoms with E-state index in [2.05, 4.69) is 6.58 Å². The van der Waals surface area contributed by atoms with Crippen LogP contribution in [0.5, 0.6) is 0 Å². The van der Waals surface area contributed by atoms with Gasteiger partial charge in [-0.25, -0.2) is 0 Å². The van der Waals surface area contributed by atoms with E-state index in [0.29, 0.717) is 12.8 Å². The average Bonchev–Trinajstić information content (AvgIpc) is 2.41. The molecule has 20 heavy (non-hydrogen) atoms. The fourth-order valence-electron chi connectivity index (χ4n) is 2.10. The van der Waals surface area contributed by atoms with Gasteiger partial charge in [0, 0.05) is 6.92 Å². The highest BCUT2D eigenvalue weighted by Crippen LogP contribution is 2.19. The maximum atomic E-state index is 11.3. The van der Waals surface area contributed by atoms with Gasteiger partial charge in [0.05, 0.1) is 5.92 Å². The van der Waals surface area contributed by atoms with Crippen LogP contribution in [0.25, 0.3) is 0 Å². The van der Waals surface area contributed by atoms with Gasteiger partial charge < -0.3 is 9.84 Å². The van der Waals surface area contributed by atoms with E-state index < -0.39 is 24.0 Å². The van der Waals surface area contributed by atoms with Crippen LogP contribution in [0.4, 0.5) is 0 Å². The number of hydrogen-bond acceptors (Lipinski definition) is 3. The maximum Gasteiger partial charge on any atom is 0.310 e. The third kappa shape index (κ3) is 5.26. The lowest BCUT2D eigenvalue weighted by Gasteiger charge is -2.22. The van der Waals surface area contributed by atoms with E-state index in [4.69, 9.17) is 4.74 Å². The molecular weight excluding hydrogens is 256 g/mol. The van der Waals surface area contributed by atoms with E-state index in [-0.39, 0.29) is 6.42 Å². The highest BCUT2D eigenvalue weighted by atomic mass is 16.5. The standard InChI is InChI=1S/C16H20O4/c1-3-7-14(16(18)19)15(20-12(2)17)11-10-13-8-5-4-6-9-13/h3-6,8-9,14-15H,1,7,10-11H2,2H3,(H,18,19). The van der Waals surface area contributed by atoms with Crippen molar-refractivity contribution >= 4 is 11.9 Å². The highest BCUT2D eigenvalue weighted by Gasteiger charge is 2.29. The number of allylic oxidation sites excluding steroid dienone is 1. The average molecular weight is 276 g/mol. The van der Waals surface area contributed by atoms with Gasteiger partial charge in [0.25, 0.3) is 0 Å². The van der Waals surface area contributed by atoms with Crippen LogP contribution in [0.15, 0.2) is 43.0 Å². The number of esters is 1. The molecule has 4 heteroatoms. The van der Waals surface area contributed by atoms with E-state index in [9.17, 15) is 14.7 Å². The molecule has 0 aromatic heterocycles. The zero-order valence-corrected chi connectivity index (χ0v) is 11.6. The molecule has 0 heterocycles. The molecule has 0 saturated carbocycles. The minimum atomic E-state index is -0.968. The lowest BCUT2D eigenvalue weighted by atomic mass is 9.93. The first-order valence-corrected chi connectivity index (χ1v) is 6.59. The minimum absolute atomic E-state index is 0.280. The number of aliphatic carboxylic acids is 1. The molecule has 0 bridgehead atoms. The fraction of sp³-hybridized carbons (Fsp3) is 0.375. The van der Waals surface area contributed by atoms with Gasteiger partial charge in [-0.15, -0.1) is 6.58 Å². The molecule has 1 aromatic carbocycles. The largest absolute Gasteiger partial charge is 0.481 e. The molecule has 1 aromatic rings. The molecule has 0 aliphatic rings. The Morgan fingerprint density at radius 1 is 1.35 bits per heavy atom. The molecule has 0 saturated heterocycles. The van der Waals surface area contributed by atoms with E-state index in [0.717, 1.165) is 5.56 Å². The second kappa shape index (κ2) is 8.15. The van der Waals surface area contributed by atoms with Gasteiger partial charge in [-0.05, 0) is 24.8 Å². The molecule has 0 fully saturated rings. The topological polar surface area (TPSA) is 63.6 Å². The number of hydrogen-bond donors (Lipinski definition) is 1. The van der Waals surface area contributed by atoms with E-state index in [1.54, 1.807) is 0 Å². The molecule has 0 amide bonds. The lowest BCUT2D eigenvalue weighted by Crippen LogP contribution is -2.32. The molecule has 4 nitrogen and oxygen atoms in total. The zero-order valence-electron chi connectivity index (χ0n) is 11.6. The van der Waals surface area contributed by atoms with Gasteiger partial charge >= 0.3 is 11.9 Å². The molecule has 1 N–H and O–H groups in total. The number of carboxylic acid groups (broad SMARTS) is 1. The van der Waals surface area contributed by atoms with Crippen LogP contribution in [-0.4, -0.2) is 23.1 Å². The van der Waals surface area contributed by atoms with E-state index in [1.807, 2.05) is 30.3 Å². The SMILES string of the molecule is C=CCC(C(=O)O)C(CCc1ccccc1)OC(C)=O. The van der Waals surface area contributed by atoms with Crippen LogP contribution < -0.4 is 0 Å². The van der Waals surface area contributed by atoms with Gasteiger partial charge in [0.1, 0.15) is 6.10 Å². The highest BCUT2D eigenvalue weighted by molar-refractivity contribution is 5.72. The number of carbonyl (C=O) groups excluding carboxylic acids is 1. The van der Waals surface area contributed by atoms with Crippen molar-refractivity contribution in [2.45, 2.75) is 32.3 Å². The van der Waals surface area contributed by atoms with Crippen molar-refractivity contribution in [1.82, 2.24) is 0 Å². The third-order valence-corrected chi connectivity index (χ3v) is 3.06. The van der Waals surface area contributed by atoms with Gasteiger partial charge in [-0.1, -0.05) is 36.4 Å². The Labute approximate surface area is 119 Å². The van der Waals surface area contributed by atoms with Crippen LogP contribution in [0.3, 0.4) is 0 Å². The summed E-state index contributed by atoms with van der Waals surface area (Å²) in [5, 5.41) is 9.25. The summed E-state index contributed by atoms with van der Waals surface area (Å²) in [4.78, 5) is 22.4. The maximum absolute atomic E-state index is 11.3. The Morgan fingerprint density at radius 2 is 2.00 bits per heavy atom. The summed E-state index contributed by atoms with van der Waals surface area (Å²) in [5.41, 5.74) is 1.09. The van der Waals surface area contributed by atoms with Crippen molar-refractivity contribution in [1.29, 1.82) is 0 Å². The van der Waals surface area contributed by atoms with Crippen LogP contribution in [0.2, 0.25) is 0 Å². The summed E-state index contributed by atoms with van der Waals surface area (Å²) in [6.45, 7) is 4.85. The smallest absolute Gasteiger partial charge is 0.310 e. The molecule has 2 unspecified atom stereocenters. The molecule has 2 atom stereocenters. The molecule has 0 aliphatic heterocycles. The first kappa shape index (κ1) is 16.0. The molecule has 0 spiro atoms. The zero-order chi connectivity index (χ0) is 15.0. The third-order valence-electron chi connectivity index (χ3n) is 3.06. The first-order valence-electron chi connectivity index (χ1n) is 6.59. The molecule has 108 valence electrons. The minimum Gasteiger partial charge on any atom is -0.481 e. The Morgan fingerprint density at radius 3 is 2.50 bits per heavy atom. The first-order chi connectivity index (χ1) is 9.54. The summed E-state index contributed by atoms with van der Waals surface area (Å²) in [5.74, 6) is -2.18.